The maximum absolute atomic E-state index is 13.4. The highest BCUT2D eigenvalue weighted by Gasteiger charge is 2.09. The van der Waals surface area contributed by atoms with E-state index < -0.39 is 0 Å². The van der Waals surface area contributed by atoms with Crippen molar-refractivity contribution in [2.24, 2.45) is 5.10 Å². The number of guanidine groups is 1. The molecule has 0 unspecified atom stereocenters. The predicted octanol–water partition coefficient (Wildman–Crippen LogP) is 5.16. The van der Waals surface area contributed by atoms with Crippen LogP contribution in [0.5, 0.6) is 5.75 Å². The smallest absolute Gasteiger partial charge is 0.211 e. The molecule has 0 atom stereocenters. The Morgan fingerprint density at radius 1 is 1.17 bits per heavy atom. The van der Waals surface area contributed by atoms with Crippen molar-refractivity contribution in [2.75, 3.05) is 19.4 Å². The van der Waals surface area contributed by atoms with E-state index in [1.54, 1.807) is 44.6 Å². The fraction of sp³-hybridized carbons (Fsp3) is 0.120. The summed E-state index contributed by atoms with van der Waals surface area (Å²) in [6.45, 7) is 0.202. The van der Waals surface area contributed by atoms with Gasteiger partial charge in [-0.3, -0.25) is 5.41 Å². The molecule has 4 aromatic rings. The second-order valence-electron chi connectivity index (χ2n) is 7.55. The first kappa shape index (κ1) is 23.9. The summed E-state index contributed by atoms with van der Waals surface area (Å²) in [6.07, 6.45) is 3.14. The molecule has 8 nitrogen and oxygen atoms in total. The second kappa shape index (κ2) is 10.8. The minimum Gasteiger partial charge on any atom is -0.487 e. The van der Waals surface area contributed by atoms with Crippen molar-refractivity contribution < 1.29 is 9.13 Å². The molecule has 35 heavy (non-hydrogen) atoms. The summed E-state index contributed by atoms with van der Waals surface area (Å²) in [5, 5.41) is 20.6. The molecule has 0 bridgehead atoms. The summed E-state index contributed by atoms with van der Waals surface area (Å²) >= 11 is 6.43. The summed E-state index contributed by atoms with van der Waals surface area (Å²) in [6, 6.07) is 17.2. The topological polar surface area (TPSA) is 98.5 Å². The lowest BCUT2D eigenvalue weighted by Gasteiger charge is -2.13. The van der Waals surface area contributed by atoms with Crippen LogP contribution >= 0.6 is 11.6 Å². The number of hydrogen-bond acceptors (Lipinski definition) is 6. The molecule has 0 spiro atoms. The van der Waals surface area contributed by atoms with Gasteiger partial charge in [0.1, 0.15) is 30.3 Å². The fourth-order valence-electron chi connectivity index (χ4n) is 3.25. The van der Waals surface area contributed by atoms with Gasteiger partial charge in [0, 0.05) is 25.2 Å². The number of ether oxygens (including phenoxy) is 1. The molecule has 1 aromatic heterocycles. The Balaban J connectivity index is 1.52. The first-order valence-corrected chi connectivity index (χ1v) is 11.0. The average Bonchev–Trinajstić information content (AvgIpc) is 2.86. The van der Waals surface area contributed by atoms with Crippen molar-refractivity contribution in [2.45, 2.75) is 6.61 Å². The van der Waals surface area contributed by atoms with Crippen molar-refractivity contribution in [3.63, 3.8) is 0 Å². The third-order valence-electron chi connectivity index (χ3n) is 5.08. The number of anilines is 2. The van der Waals surface area contributed by atoms with E-state index in [-0.39, 0.29) is 18.4 Å². The summed E-state index contributed by atoms with van der Waals surface area (Å²) in [5.74, 6) is 0.954. The lowest BCUT2D eigenvalue weighted by molar-refractivity contribution is 0.306. The van der Waals surface area contributed by atoms with Crippen LogP contribution in [-0.2, 0) is 6.61 Å². The number of fused-ring (bicyclic) bond motifs is 1. The van der Waals surface area contributed by atoms with Crippen LogP contribution in [0.2, 0.25) is 5.02 Å². The van der Waals surface area contributed by atoms with E-state index in [1.165, 1.54) is 23.5 Å². The summed E-state index contributed by atoms with van der Waals surface area (Å²) in [7, 11) is 3.34. The number of nitrogens with zero attached hydrogens (tertiary/aromatic N) is 4. The van der Waals surface area contributed by atoms with E-state index in [9.17, 15) is 4.39 Å². The van der Waals surface area contributed by atoms with Gasteiger partial charge in [-0.2, -0.15) is 5.10 Å². The highest BCUT2D eigenvalue weighted by atomic mass is 35.5. The number of nitrogens with one attached hydrogen (secondary N) is 3. The summed E-state index contributed by atoms with van der Waals surface area (Å²) < 4.78 is 19.1. The standard InChI is InChI=1S/C25H23ClFN7O/c1-29-25(28)34(2)32-13-16-6-8-22-20(11-16)24(31-15-30-22)33-19-7-9-23(21(26)12-19)35-14-17-4-3-5-18(27)10-17/h3-13,15H,14H2,1-2H3,(H2,28,29)(H,30,31,33)/b32-13+. The molecule has 0 fully saturated rings. The van der Waals surface area contributed by atoms with Crippen molar-refractivity contribution in [1.82, 2.24) is 20.3 Å². The van der Waals surface area contributed by atoms with Crippen LogP contribution in [0.15, 0.2) is 72.1 Å². The maximum atomic E-state index is 13.4. The summed E-state index contributed by atoms with van der Waals surface area (Å²) in [4.78, 5) is 8.71. The van der Waals surface area contributed by atoms with Crippen LogP contribution in [0.1, 0.15) is 11.1 Å². The van der Waals surface area contributed by atoms with Gasteiger partial charge >= 0.3 is 0 Å². The van der Waals surface area contributed by atoms with Gasteiger partial charge in [0.15, 0.2) is 0 Å². The monoisotopic (exact) mass is 491 g/mol. The highest BCUT2D eigenvalue weighted by Crippen LogP contribution is 2.31. The Morgan fingerprint density at radius 2 is 2.03 bits per heavy atom. The third-order valence-corrected chi connectivity index (χ3v) is 5.37. The minimum absolute atomic E-state index is 0.174. The fourth-order valence-corrected chi connectivity index (χ4v) is 3.48. The molecule has 10 heteroatoms. The molecule has 4 rings (SSSR count). The van der Waals surface area contributed by atoms with Gasteiger partial charge in [-0.1, -0.05) is 29.8 Å². The molecule has 178 valence electrons. The number of aromatic nitrogens is 2. The van der Waals surface area contributed by atoms with Gasteiger partial charge in [0.2, 0.25) is 5.96 Å². The number of hydrogen-bond donors (Lipinski definition) is 3. The second-order valence-corrected chi connectivity index (χ2v) is 7.96. The average molecular weight is 492 g/mol. The van der Waals surface area contributed by atoms with E-state index in [0.717, 1.165) is 22.2 Å². The summed E-state index contributed by atoms with van der Waals surface area (Å²) in [5.41, 5.74) is 3.01. The predicted molar refractivity (Wildman–Crippen MR) is 137 cm³/mol. The lowest BCUT2D eigenvalue weighted by atomic mass is 10.1. The molecule has 0 saturated carbocycles. The number of benzene rings is 3. The van der Waals surface area contributed by atoms with E-state index in [2.05, 4.69) is 25.7 Å². The lowest BCUT2D eigenvalue weighted by Crippen LogP contribution is -2.31. The minimum atomic E-state index is -0.312. The Hall–Kier alpha value is -4.24. The van der Waals surface area contributed by atoms with Gasteiger partial charge in [0.25, 0.3) is 0 Å². The van der Waals surface area contributed by atoms with Crippen LogP contribution in [-0.4, -0.2) is 41.2 Å². The molecular formula is C25H23ClFN7O. The van der Waals surface area contributed by atoms with E-state index in [0.29, 0.717) is 22.2 Å². The zero-order valence-corrected chi connectivity index (χ0v) is 19.8. The maximum Gasteiger partial charge on any atom is 0.211 e. The van der Waals surface area contributed by atoms with Gasteiger partial charge in [-0.25, -0.2) is 19.4 Å². The number of rotatable bonds is 7. The quantitative estimate of drug-likeness (QED) is 0.187. The van der Waals surface area contributed by atoms with Crippen LogP contribution in [0, 0.1) is 11.2 Å². The van der Waals surface area contributed by atoms with Crippen LogP contribution in [0.4, 0.5) is 15.9 Å². The molecule has 0 amide bonds. The molecule has 0 aliphatic heterocycles. The first-order valence-electron chi connectivity index (χ1n) is 10.7. The number of hydrazone groups is 1. The first-order chi connectivity index (χ1) is 16.9. The molecule has 0 aliphatic rings. The molecule has 0 saturated heterocycles. The highest BCUT2D eigenvalue weighted by molar-refractivity contribution is 6.32. The van der Waals surface area contributed by atoms with Crippen LogP contribution in [0.25, 0.3) is 10.9 Å². The van der Waals surface area contributed by atoms with Crippen molar-refractivity contribution in [3.8, 4) is 5.75 Å². The SMILES string of the molecule is CNC(=N)N(C)/N=C/c1ccc2ncnc(Nc3ccc(OCc4cccc(F)c4)c(Cl)c3)c2c1. The number of halogens is 2. The Kier molecular flexibility index (Phi) is 7.37. The van der Waals surface area contributed by atoms with Crippen molar-refractivity contribution >= 4 is 46.2 Å². The van der Waals surface area contributed by atoms with Crippen LogP contribution < -0.4 is 15.4 Å². The molecule has 0 aliphatic carbocycles. The van der Waals surface area contributed by atoms with Crippen molar-refractivity contribution in [3.05, 3.63) is 89.0 Å². The Bertz CT molecular complexity index is 1400. The van der Waals surface area contributed by atoms with Gasteiger partial charge < -0.3 is 15.4 Å². The molecule has 3 N–H and O–H groups in total. The van der Waals surface area contributed by atoms with E-state index in [4.69, 9.17) is 21.7 Å². The third kappa shape index (κ3) is 6.01. The Morgan fingerprint density at radius 3 is 2.80 bits per heavy atom. The van der Waals surface area contributed by atoms with Crippen molar-refractivity contribution in [1.29, 1.82) is 5.41 Å². The molecule has 0 radical (unpaired) electrons. The van der Waals surface area contributed by atoms with Gasteiger partial charge in [-0.05, 0) is 53.6 Å². The van der Waals surface area contributed by atoms with Gasteiger partial charge in [-0.15, -0.1) is 0 Å². The Labute approximate surface area is 206 Å². The largest absolute Gasteiger partial charge is 0.487 e. The van der Waals surface area contributed by atoms with E-state index >= 15 is 0 Å². The van der Waals surface area contributed by atoms with Crippen LogP contribution in [0.3, 0.4) is 0 Å². The van der Waals surface area contributed by atoms with Gasteiger partial charge in [0.05, 0.1) is 16.8 Å². The normalized spacial score (nSPS) is 11.0. The molecule has 3 aromatic carbocycles. The van der Waals surface area contributed by atoms with E-state index in [1.807, 2.05) is 24.3 Å². The molecule has 1 heterocycles. The molecular weight excluding hydrogens is 469 g/mol. The zero-order valence-electron chi connectivity index (χ0n) is 19.1. The zero-order chi connectivity index (χ0) is 24.8.